The number of carbonyl (C=O) groups excluding carboxylic acids is 3. The summed E-state index contributed by atoms with van der Waals surface area (Å²) in [6.45, 7) is 6.04. The minimum Gasteiger partial charge on any atom is -0.481 e. The van der Waals surface area contributed by atoms with E-state index in [0.29, 0.717) is 18.7 Å². The molecule has 3 amide bonds. The highest BCUT2D eigenvalue weighted by molar-refractivity contribution is 5.87. The van der Waals surface area contributed by atoms with Crippen LogP contribution in [0.5, 0.6) is 5.75 Å². The topological polar surface area (TPSA) is 87.7 Å². The molecule has 0 radical (unpaired) electrons. The van der Waals surface area contributed by atoms with Crippen molar-refractivity contribution < 1.29 is 19.1 Å². The van der Waals surface area contributed by atoms with Crippen molar-refractivity contribution in [2.45, 2.75) is 59.0 Å². The van der Waals surface area contributed by atoms with Crippen molar-refractivity contribution in [2.75, 3.05) is 13.1 Å². The Morgan fingerprint density at radius 2 is 1.89 bits per heavy atom. The van der Waals surface area contributed by atoms with Crippen LogP contribution in [0.3, 0.4) is 0 Å². The summed E-state index contributed by atoms with van der Waals surface area (Å²) < 4.78 is 5.69. The van der Waals surface area contributed by atoms with E-state index in [4.69, 9.17) is 4.74 Å². The standard InChI is InChI=1S/C20H29N3O4/c1-14-9-8-10-17(15(14)2)27-16(3)20(26)22-21-18(24)13-23-12-7-5-4-6-11-19(23)25/h8-10,16H,4-7,11-13H2,1-3H3,(H,21,24)(H,22,26)/t16-/m0/s1. The maximum atomic E-state index is 12.2. The van der Waals surface area contributed by atoms with Gasteiger partial charge >= 0.3 is 0 Å². The average Bonchev–Trinajstić information content (AvgIpc) is 2.63. The molecule has 1 fully saturated rings. The molecule has 1 aromatic rings. The molecule has 0 unspecified atom stereocenters. The molecule has 1 saturated heterocycles. The van der Waals surface area contributed by atoms with Gasteiger partial charge in [0.25, 0.3) is 11.8 Å². The smallest absolute Gasteiger partial charge is 0.279 e. The summed E-state index contributed by atoms with van der Waals surface area (Å²) >= 11 is 0. The van der Waals surface area contributed by atoms with Crippen LogP contribution in [0.15, 0.2) is 18.2 Å². The first kappa shape index (κ1) is 20.7. The van der Waals surface area contributed by atoms with E-state index in [1.165, 1.54) is 0 Å². The number of ether oxygens (including phenoxy) is 1. The van der Waals surface area contributed by atoms with Crippen LogP contribution in [0.4, 0.5) is 0 Å². The number of carbonyl (C=O) groups is 3. The van der Waals surface area contributed by atoms with Crippen LogP contribution in [-0.2, 0) is 14.4 Å². The van der Waals surface area contributed by atoms with Crippen molar-refractivity contribution in [1.29, 1.82) is 0 Å². The van der Waals surface area contributed by atoms with Crippen molar-refractivity contribution in [3.63, 3.8) is 0 Å². The molecule has 1 atom stereocenters. The Morgan fingerprint density at radius 1 is 1.15 bits per heavy atom. The summed E-state index contributed by atoms with van der Waals surface area (Å²) in [7, 11) is 0. The molecule has 1 aliphatic heterocycles. The van der Waals surface area contributed by atoms with Crippen molar-refractivity contribution in [3.8, 4) is 5.75 Å². The van der Waals surface area contributed by atoms with Gasteiger partial charge in [0.15, 0.2) is 6.10 Å². The monoisotopic (exact) mass is 375 g/mol. The first-order valence-corrected chi connectivity index (χ1v) is 9.48. The molecule has 2 N–H and O–H groups in total. The zero-order chi connectivity index (χ0) is 19.8. The van der Waals surface area contributed by atoms with Gasteiger partial charge in [-0.3, -0.25) is 25.2 Å². The number of aryl methyl sites for hydroxylation is 1. The molecule has 0 aromatic heterocycles. The summed E-state index contributed by atoms with van der Waals surface area (Å²) in [4.78, 5) is 37.9. The van der Waals surface area contributed by atoms with Crippen LogP contribution in [-0.4, -0.2) is 41.8 Å². The second-order valence-corrected chi connectivity index (χ2v) is 6.98. The van der Waals surface area contributed by atoms with Gasteiger partial charge in [0.2, 0.25) is 5.91 Å². The van der Waals surface area contributed by atoms with Crippen molar-refractivity contribution in [1.82, 2.24) is 15.8 Å². The number of nitrogens with one attached hydrogen (secondary N) is 2. The number of nitrogens with zero attached hydrogens (tertiary/aromatic N) is 1. The fourth-order valence-electron chi connectivity index (χ4n) is 2.92. The predicted molar refractivity (Wildman–Crippen MR) is 102 cm³/mol. The third-order valence-corrected chi connectivity index (χ3v) is 4.81. The highest BCUT2D eigenvalue weighted by atomic mass is 16.5. The minimum absolute atomic E-state index is 0.0113. The lowest BCUT2D eigenvalue weighted by atomic mass is 10.1. The summed E-state index contributed by atoms with van der Waals surface area (Å²) in [5, 5.41) is 0. The highest BCUT2D eigenvalue weighted by Gasteiger charge is 2.20. The number of hydrogen-bond acceptors (Lipinski definition) is 4. The molecule has 0 aliphatic carbocycles. The van der Waals surface area contributed by atoms with E-state index >= 15 is 0 Å². The zero-order valence-corrected chi connectivity index (χ0v) is 16.3. The van der Waals surface area contributed by atoms with Gasteiger partial charge in [-0.1, -0.05) is 25.0 Å². The van der Waals surface area contributed by atoms with Gasteiger partial charge in [0.05, 0.1) is 0 Å². The molecule has 27 heavy (non-hydrogen) atoms. The molecule has 0 bridgehead atoms. The predicted octanol–water partition coefficient (Wildman–Crippen LogP) is 2.01. The Balaban J connectivity index is 1.80. The molecular formula is C20H29N3O4. The first-order valence-electron chi connectivity index (χ1n) is 9.48. The van der Waals surface area contributed by atoms with E-state index in [1.54, 1.807) is 17.9 Å². The van der Waals surface area contributed by atoms with Gasteiger partial charge in [0, 0.05) is 13.0 Å². The molecule has 0 saturated carbocycles. The molecule has 1 aromatic carbocycles. The normalized spacial score (nSPS) is 16.1. The fraction of sp³-hybridized carbons (Fsp3) is 0.550. The lowest BCUT2D eigenvalue weighted by Crippen LogP contribution is -2.51. The number of hydrogen-bond donors (Lipinski definition) is 2. The first-order chi connectivity index (χ1) is 12.9. The SMILES string of the molecule is Cc1cccc(O[C@@H](C)C(=O)NNC(=O)CN2CCCCCCC2=O)c1C. The lowest BCUT2D eigenvalue weighted by Gasteiger charge is -2.24. The molecular weight excluding hydrogens is 346 g/mol. The summed E-state index contributed by atoms with van der Waals surface area (Å²) in [5.74, 6) is -0.252. The van der Waals surface area contributed by atoms with E-state index in [2.05, 4.69) is 10.9 Å². The molecule has 2 rings (SSSR count). The minimum atomic E-state index is -0.769. The lowest BCUT2D eigenvalue weighted by molar-refractivity contribution is -0.138. The van der Waals surface area contributed by atoms with Crippen molar-refractivity contribution in [3.05, 3.63) is 29.3 Å². The number of rotatable bonds is 5. The highest BCUT2D eigenvalue weighted by Crippen LogP contribution is 2.21. The van der Waals surface area contributed by atoms with E-state index in [0.717, 1.165) is 36.8 Å². The van der Waals surface area contributed by atoms with Crippen LogP contribution in [0.25, 0.3) is 0 Å². The van der Waals surface area contributed by atoms with Gasteiger partial charge in [-0.15, -0.1) is 0 Å². The Hall–Kier alpha value is -2.57. The van der Waals surface area contributed by atoms with E-state index < -0.39 is 17.9 Å². The van der Waals surface area contributed by atoms with Gasteiger partial charge < -0.3 is 9.64 Å². The van der Waals surface area contributed by atoms with Gasteiger partial charge in [-0.25, -0.2) is 0 Å². The van der Waals surface area contributed by atoms with Crippen LogP contribution in [0.2, 0.25) is 0 Å². The van der Waals surface area contributed by atoms with Crippen LogP contribution >= 0.6 is 0 Å². The maximum absolute atomic E-state index is 12.2. The largest absolute Gasteiger partial charge is 0.481 e. The summed E-state index contributed by atoms with van der Waals surface area (Å²) in [6.07, 6.45) is 3.58. The van der Waals surface area contributed by atoms with Crippen LogP contribution in [0.1, 0.15) is 50.2 Å². The Kier molecular flexibility index (Phi) is 7.64. The van der Waals surface area contributed by atoms with Crippen molar-refractivity contribution >= 4 is 17.7 Å². The molecule has 0 spiro atoms. The molecule has 7 nitrogen and oxygen atoms in total. The third kappa shape index (κ3) is 6.27. The van der Waals surface area contributed by atoms with Gasteiger partial charge in [0.1, 0.15) is 12.3 Å². The molecule has 148 valence electrons. The maximum Gasteiger partial charge on any atom is 0.279 e. The number of likely N-dealkylation sites (tertiary alicyclic amines) is 1. The summed E-state index contributed by atoms with van der Waals surface area (Å²) in [5.41, 5.74) is 6.78. The molecule has 1 heterocycles. The summed E-state index contributed by atoms with van der Waals surface area (Å²) in [6, 6.07) is 5.64. The van der Waals surface area contributed by atoms with E-state index in [-0.39, 0.29) is 12.5 Å². The zero-order valence-electron chi connectivity index (χ0n) is 16.3. The Morgan fingerprint density at radius 3 is 2.67 bits per heavy atom. The Labute approximate surface area is 160 Å². The fourth-order valence-corrected chi connectivity index (χ4v) is 2.92. The average molecular weight is 375 g/mol. The number of hydrazine groups is 1. The molecule has 1 aliphatic rings. The second kappa shape index (κ2) is 9.94. The van der Waals surface area contributed by atoms with Crippen LogP contribution in [0, 0.1) is 13.8 Å². The van der Waals surface area contributed by atoms with E-state index in [9.17, 15) is 14.4 Å². The van der Waals surface area contributed by atoms with Gasteiger partial charge in [-0.05, 0) is 50.8 Å². The third-order valence-electron chi connectivity index (χ3n) is 4.81. The second-order valence-electron chi connectivity index (χ2n) is 6.98. The van der Waals surface area contributed by atoms with Gasteiger partial charge in [-0.2, -0.15) is 0 Å². The molecule has 7 heteroatoms. The quantitative estimate of drug-likeness (QED) is 0.771. The van der Waals surface area contributed by atoms with E-state index in [1.807, 2.05) is 26.0 Å². The Bertz CT molecular complexity index is 690. The van der Waals surface area contributed by atoms with Crippen LogP contribution < -0.4 is 15.6 Å². The number of amides is 3. The number of benzene rings is 1. The van der Waals surface area contributed by atoms with Crippen molar-refractivity contribution in [2.24, 2.45) is 0 Å².